The van der Waals surface area contributed by atoms with E-state index in [0.717, 1.165) is 24.3 Å². The molecule has 2 amide bonds. The molecule has 5 nitrogen and oxygen atoms in total. The molecule has 0 saturated heterocycles. The SMILES string of the molecule is CC(C)C(=O)NC(=O)COC(=O)c1ccc(C(F)(F)F)cc1. The van der Waals surface area contributed by atoms with Gasteiger partial charge in [0.1, 0.15) is 0 Å². The molecule has 1 rings (SSSR count). The van der Waals surface area contributed by atoms with Crippen molar-refractivity contribution in [3.63, 3.8) is 0 Å². The second-order valence-electron chi connectivity index (χ2n) is 4.72. The standard InChI is InChI=1S/C14H14F3NO4/c1-8(2)12(20)18-11(19)7-22-13(21)9-3-5-10(6-4-9)14(15,16)17/h3-6,8H,7H2,1-2H3,(H,18,19,20). The Labute approximate surface area is 124 Å². The van der Waals surface area contributed by atoms with E-state index in [-0.39, 0.29) is 5.56 Å². The number of carbonyl (C=O) groups excluding carboxylic acids is 3. The molecule has 0 aliphatic heterocycles. The molecular formula is C14H14F3NO4. The molecule has 1 N–H and O–H groups in total. The van der Waals surface area contributed by atoms with Crippen molar-refractivity contribution in [2.45, 2.75) is 20.0 Å². The van der Waals surface area contributed by atoms with Gasteiger partial charge < -0.3 is 4.74 Å². The molecule has 0 fully saturated rings. The van der Waals surface area contributed by atoms with Crippen molar-refractivity contribution in [1.29, 1.82) is 0 Å². The van der Waals surface area contributed by atoms with Crippen molar-refractivity contribution in [2.24, 2.45) is 5.92 Å². The Kier molecular flexibility index (Phi) is 5.67. The highest BCUT2D eigenvalue weighted by atomic mass is 19.4. The molecule has 0 saturated carbocycles. The minimum atomic E-state index is -4.50. The first-order valence-corrected chi connectivity index (χ1v) is 6.29. The first kappa shape index (κ1) is 17.7. The molecule has 1 aromatic carbocycles. The zero-order valence-corrected chi connectivity index (χ0v) is 11.9. The van der Waals surface area contributed by atoms with Crippen molar-refractivity contribution in [3.05, 3.63) is 35.4 Å². The van der Waals surface area contributed by atoms with Gasteiger partial charge in [-0.25, -0.2) is 4.79 Å². The van der Waals surface area contributed by atoms with Crippen molar-refractivity contribution in [1.82, 2.24) is 5.32 Å². The van der Waals surface area contributed by atoms with Gasteiger partial charge in [0.15, 0.2) is 6.61 Å². The largest absolute Gasteiger partial charge is 0.452 e. The van der Waals surface area contributed by atoms with Crippen molar-refractivity contribution >= 4 is 17.8 Å². The zero-order valence-electron chi connectivity index (χ0n) is 11.9. The Morgan fingerprint density at radius 1 is 1.14 bits per heavy atom. The van der Waals surface area contributed by atoms with E-state index in [1.54, 1.807) is 13.8 Å². The summed E-state index contributed by atoms with van der Waals surface area (Å²) in [5.41, 5.74) is -1.03. The molecule has 0 bridgehead atoms. The number of amides is 2. The molecule has 0 aliphatic carbocycles. The normalized spacial score (nSPS) is 11.2. The third-order valence-electron chi connectivity index (χ3n) is 2.57. The number of rotatable bonds is 4. The lowest BCUT2D eigenvalue weighted by molar-refractivity contribution is -0.137. The van der Waals surface area contributed by atoms with Crippen LogP contribution in [0, 0.1) is 5.92 Å². The van der Waals surface area contributed by atoms with Gasteiger partial charge in [0.25, 0.3) is 5.91 Å². The Morgan fingerprint density at radius 2 is 1.68 bits per heavy atom. The summed E-state index contributed by atoms with van der Waals surface area (Å²) >= 11 is 0. The van der Waals surface area contributed by atoms with Crippen LogP contribution in [0.5, 0.6) is 0 Å². The number of halogens is 3. The second-order valence-corrected chi connectivity index (χ2v) is 4.72. The van der Waals surface area contributed by atoms with Crippen LogP contribution in [0.3, 0.4) is 0 Å². The topological polar surface area (TPSA) is 72.5 Å². The molecule has 0 atom stereocenters. The fourth-order valence-corrected chi connectivity index (χ4v) is 1.33. The molecule has 0 aliphatic rings. The van der Waals surface area contributed by atoms with Gasteiger partial charge in [-0.15, -0.1) is 0 Å². The summed E-state index contributed by atoms with van der Waals surface area (Å²) in [5.74, 6) is -2.69. The third kappa shape index (κ3) is 5.19. The van der Waals surface area contributed by atoms with E-state index in [0.29, 0.717) is 0 Å². The number of esters is 1. The predicted octanol–water partition coefficient (Wildman–Crippen LogP) is 2.16. The van der Waals surface area contributed by atoms with Crippen molar-refractivity contribution in [2.75, 3.05) is 6.61 Å². The number of alkyl halides is 3. The predicted molar refractivity (Wildman–Crippen MR) is 69.7 cm³/mol. The molecule has 0 radical (unpaired) electrons. The zero-order chi connectivity index (χ0) is 16.9. The molecule has 0 heterocycles. The minimum Gasteiger partial charge on any atom is -0.452 e. The van der Waals surface area contributed by atoms with Crippen LogP contribution < -0.4 is 5.32 Å². The maximum Gasteiger partial charge on any atom is 0.416 e. The van der Waals surface area contributed by atoms with E-state index in [4.69, 9.17) is 0 Å². The Bertz CT molecular complexity index is 564. The minimum absolute atomic E-state index is 0.129. The van der Waals surface area contributed by atoms with E-state index >= 15 is 0 Å². The molecule has 0 aromatic heterocycles. The maximum absolute atomic E-state index is 12.4. The third-order valence-corrected chi connectivity index (χ3v) is 2.57. The van der Waals surface area contributed by atoms with Crippen LogP contribution in [0.4, 0.5) is 13.2 Å². The van der Waals surface area contributed by atoms with Gasteiger partial charge in [0, 0.05) is 5.92 Å². The fraction of sp³-hybridized carbons (Fsp3) is 0.357. The highest BCUT2D eigenvalue weighted by Gasteiger charge is 2.30. The maximum atomic E-state index is 12.4. The van der Waals surface area contributed by atoms with Gasteiger partial charge >= 0.3 is 12.1 Å². The molecule has 120 valence electrons. The summed E-state index contributed by atoms with van der Waals surface area (Å²) in [7, 11) is 0. The smallest absolute Gasteiger partial charge is 0.416 e. The van der Waals surface area contributed by atoms with Gasteiger partial charge in [0.2, 0.25) is 5.91 Å². The molecule has 1 aromatic rings. The number of carbonyl (C=O) groups is 3. The molecule has 0 spiro atoms. The number of hydrogen-bond donors (Lipinski definition) is 1. The van der Waals surface area contributed by atoms with Crippen LogP contribution in [0.1, 0.15) is 29.8 Å². The van der Waals surface area contributed by atoms with E-state index in [9.17, 15) is 27.6 Å². The van der Waals surface area contributed by atoms with Gasteiger partial charge in [-0.1, -0.05) is 13.8 Å². The van der Waals surface area contributed by atoms with E-state index in [1.165, 1.54) is 0 Å². The summed E-state index contributed by atoms with van der Waals surface area (Å²) in [4.78, 5) is 34.1. The molecule has 8 heteroatoms. The lowest BCUT2D eigenvalue weighted by atomic mass is 10.1. The summed E-state index contributed by atoms with van der Waals surface area (Å²) in [6.07, 6.45) is -4.50. The quantitative estimate of drug-likeness (QED) is 0.864. The lowest BCUT2D eigenvalue weighted by Crippen LogP contribution is -2.36. The van der Waals surface area contributed by atoms with E-state index in [1.807, 2.05) is 5.32 Å². The number of nitrogens with one attached hydrogen (secondary N) is 1. The first-order valence-electron chi connectivity index (χ1n) is 6.29. The fourth-order valence-electron chi connectivity index (χ4n) is 1.33. The summed E-state index contributed by atoms with van der Waals surface area (Å²) in [5, 5.41) is 2.01. The summed E-state index contributed by atoms with van der Waals surface area (Å²) < 4.78 is 41.7. The highest BCUT2D eigenvalue weighted by Crippen LogP contribution is 2.29. The van der Waals surface area contributed by atoms with Crippen LogP contribution in [-0.2, 0) is 20.5 Å². The number of ether oxygens (including phenoxy) is 1. The molecule has 22 heavy (non-hydrogen) atoms. The lowest BCUT2D eigenvalue weighted by Gasteiger charge is -2.09. The average molecular weight is 317 g/mol. The van der Waals surface area contributed by atoms with Crippen LogP contribution in [0.2, 0.25) is 0 Å². The van der Waals surface area contributed by atoms with Gasteiger partial charge in [0.05, 0.1) is 11.1 Å². The van der Waals surface area contributed by atoms with Gasteiger partial charge in [-0.3, -0.25) is 14.9 Å². The number of imide groups is 1. The first-order chi connectivity index (χ1) is 10.1. The second kappa shape index (κ2) is 7.06. The number of benzene rings is 1. The van der Waals surface area contributed by atoms with Crippen LogP contribution >= 0.6 is 0 Å². The summed E-state index contributed by atoms with van der Waals surface area (Å²) in [6, 6.07) is 3.36. The highest BCUT2D eigenvalue weighted by molar-refractivity contribution is 5.98. The Balaban J connectivity index is 2.56. The van der Waals surface area contributed by atoms with E-state index in [2.05, 4.69) is 4.74 Å². The van der Waals surface area contributed by atoms with Crippen LogP contribution in [-0.4, -0.2) is 24.4 Å². The van der Waals surface area contributed by atoms with Crippen molar-refractivity contribution in [3.8, 4) is 0 Å². The Hall–Kier alpha value is -2.38. The molecule has 0 unspecified atom stereocenters. The summed E-state index contributed by atoms with van der Waals surface area (Å²) in [6.45, 7) is 2.46. The van der Waals surface area contributed by atoms with Crippen LogP contribution in [0.15, 0.2) is 24.3 Å². The van der Waals surface area contributed by atoms with Crippen LogP contribution in [0.25, 0.3) is 0 Å². The average Bonchev–Trinajstić information content (AvgIpc) is 2.43. The van der Waals surface area contributed by atoms with E-state index < -0.39 is 42.0 Å². The Morgan fingerprint density at radius 3 is 2.14 bits per heavy atom. The number of hydrogen-bond acceptors (Lipinski definition) is 4. The van der Waals surface area contributed by atoms with Crippen molar-refractivity contribution < 1.29 is 32.3 Å². The molecular weight excluding hydrogens is 303 g/mol. The van der Waals surface area contributed by atoms with Gasteiger partial charge in [-0.05, 0) is 24.3 Å². The van der Waals surface area contributed by atoms with Gasteiger partial charge in [-0.2, -0.15) is 13.2 Å². The monoisotopic (exact) mass is 317 g/mol.